The van der Waals surface area contributed by atoms with Crippen molar-refractivity contribution in [2.75, 3.05) is 5.32 Å². The number of anilines is 1. The summed E-state index contributed by atoms with van der Waals surface area (Å²) >= 11 is 0. The predicted molar refractivity (Wildman–Crippen MR) is 68.1 cm³/mol. The zero-order valence-electron chi connectivity index (χ0n) is 10.4. The molecule has 2 aliphatic carbocycles. The standard InChI is InChI=1S/C15H17NO2/c1-15(8-9-7-11(15)13-12(9)18-13)14(17)16-10-5-3-2-4-6-10/h2-6,9,11-13H,7-8H2,1H3,(H,16,17)/t9-,11+,12-,13-,15+/m1/s1. The summed E-state index contributed by atoms with van der Waals surface area (Å²) in [5.41, 5.74) is 0.651. The van der Waals surface area contributed by atoms with Crippen LogP contribution >= 0.6 is 0 Å². The molecule has 1 aromatic rings. The Labute approximate surface area is 107 Å². The topological polar surface area (TPSA) is 41.6 Å². The molecule has 1 aliphatic heterocycles. The average molecular weight is 243 g/mol. The summed E-state index contributed by atoms with van der Waals surface area (Å²) in [6.45, 7) is 2.10. The quantitative estimate of drug-likeness (QED) is 0.811. The van der Waals surface area contributed by atoms with E-state index in [1.807, 2.05) is 30.3 Å². The van der Waals surface area contributed by atoms with Gasteiger partial charge in [0.2, 0.25) is 5.91 Å². The molecule has 18 heavy (non-hydrogen) atoms. The molecule has 1 saturated heterocycles. The fraction of sp³-hybridized carbons (Fsp3) is 0.533. The second-order valence-electron chi connectivity index (χ2n) is 6.11. The van der Waals surface area contributed by atoms with Gasteiger partial charge < -0.3 is 10.1 Å². The molecule has 1 N–H and O–H groups in total. The fourth-order valence-electron chi connectivity index (χ4n) is 4.01. The molecule has 2 bridgehead atoms. The molecule has 1 heterocycles. The zero-order chi connectivity index (χ0) is 12.3. The van der Waals surface area contributed by atoms with E-state index in [2.05, 4.69) is 12.2 Å². The van der Waals surface area contributed by atoms with E-state index in [9.17, 15) is 4.79 Å². The molecule has 0 spiro atoms. The van der Waals surface area contributed by atoms with Gasteiger partial charge in [-0.15, -0.1) is 0 Å². The molecule has 5 atom stereocenters. The van der Waals surface area contributed by atoms with Gasteiger partial charge in [-0.2, -0.15) is 0 Å². The number of hydrogen-bond donors (Lipinski definition) is 1. The number of carbonyl (C=O) groups is 1. The minimum atomic E-state index is -0.238. The van der Waals surface area contributed by atoms with Crippen LogP contribution in [0.2, 0.25) is 0 Å². The van der Waals surface area contributed by atoms with Gasteiger partial charge >= 0.3 is 0 Å². The maximum absolute atomic E-state index is 12.5. The maximum atomic E-state index is 12.5. The molecular weight excluding hydrogens is 226 g/mol. The lowest BCUT2D eigenvalue weighted by Crippen LogP contribution is -2.40. The van der Waals surface area contributed by atoms with Crippen molar-refractivity contribution in [3.8, 4) is 0 Å². The number of rotatable bonds is 2. The van der Waals surface area contributed by atoms with Crippen molar-refractivity contribution in [3.05, 3.63) is 30.3 Å². The van der Waals surface area contributed by atoms with Crippen LogP contribution in [0.25, 0.3) is 0 Å². The Morgan fingerprint density at radius 2 is 2.11 bits per heavy atom. The lowest BCUT2D eigenvalue weighted by Gasteiger charge is -2.30. The Hall–Kier alpha value is -1.35. The van der Waals surface area contributed by atoms with Crippen LogP contribution in [-0.4, -0.2) is 18.1 Å². The first-order valence-electron chi connectivity index (χ1n) is 6.70. The molecule has 1 amide bonds. The van der Waals surface area contributed by atoms with E-state index in [0.717, 1.165) is 12.1 Å². The third-order valence-corrected chi connectivity index (χ3v) is 5.03. The van der Waals surface area contributed by atoms with E-state index >= 15 is 0 Å². The highest BCUT2D eigenvalue weighted by Crippen LogP contribution is 2.64. The molecular formula is C15H17NO2. The van der Waals surface area contributed by atoms with Crippen LogP contribution < -0.4 is 5.32 Å². The van der Waals surface area contributed by atoms with Gasteiger partial charge in [-0.3, -0.25) is 4.79 Å². The van der Waals surface area contributed by atoms with E-state index in [1.54, 1.807) is 0 Å². The first-order chi connectivity index (χ1) is 8.68. The fourth-order valence-corrected chi connectivity index (χ4v) is 4.01. The van der Waals surface area contributed by atoms with E-state index in [-0.39, 0.29) is 11.3 Å². The van der Waals surface area contributed by atoms with Crippen molar-refractivity contribution in [3.63, 3.8) is 0 Å². The largest absolute Gasteiger partial charge is 0.369 e. The molecule has 2 saturated carbocycles. The van der Waals surface area contributed by atoms with Crippen molar-refractivity contribution in [1.29, 1.82) is 0 Å². The summed E-state index contributed by atoms with van der Waals surface area (Å²) in [5, 5.41) is 3.05. The highest BCUT2D eigenvalue weighted by Gasteiger charge is 2.69. The van der Waals surface area contributed by atoms with Crippen molar-refractivity contribution >= 4 is 11.6 Å². The summed E-state index contributed by atoms with van der Waals surface area (Å²) in [6.07, 6.45) is 3.01. The molecule has 0 unspecified atom stereocenters. The summed E-state index contributed by atoms with van der Waals surface area (Å²) < 4.78 is 5.66. The molecule has 3 fully saturated rings. The predicted octanol–water partition coefficient (Wildman–Crippen LogP) is 2.44. The number of nitrogens with one attached hydrogen (secondary N) is 1. The Kier molecular flexibility index (Phi) is 1.97. The lowest BCUT2D eigenvalue weighted by atomic mass is 9.74. The number of carbonyl (C=O) groups excluding carboxylic acids is 1. The third-order valence-electron chi connectivity index (χ3n) is 5.03. The van der Waals surface area contributed by atoms with Crippen molar-refractivity contribution in [2.24, 2.45) is 17.3 Å². The van der Waals surface area contributed by atoms with E-state index in [0.29, 0.717) is 24.0 Å². The van der Waals surface area contributed by atoms with E-state index < -0.39 is 0 Å². The lowest BCUT2D eigenvalue weighted by molar-refractivity contribution is -0.127. The molecule has 4 rings (SSSR count). The van der Waals surface area contributed by atoms with Crippen LogP contribution in [0.15, 0.2) is 30.3 Å². The van der Waals surface area contributed by atoms with Crippen LogP contribution in [0.5, 0.6) is 0 Å². The molecule has 1 aromatic carbocycles. The molecule has 0 aromatic heterocycles. The van der Waals surface area contributed by atoms with Gasteiger partial charge in [-0.25, -0.2) is 0 Å². The minimum Gasteiger partial charge on any atom is -0.369 e. The second kappa shape index (κ2) is 3.35. The van der Waals surface area contributed by atoms with Crippen LogP contribution in [0.4, 0.5) is 5.69 Å². The Morgan fingerprint density at radius 3 is 2.78 bits per heavy atom. The highest BCUT2D eigenvalue weighted by molar-refractivity contribution is 5.95. The van der Waals surface area contributed by atoms with Gasteiger partial charge in [-0.1, -0.05) is 25.1 Å². The maximum Gasteiger partial charge on any atom is 0.230 e. The Balaban J connectivity index is 1.55. The summed E-state index contributed by atoms with van der Waals surface area (Å²) in [7, 11) is 0. The summed E-state index contributed by atoms with van der Waals surface area (Å²) in [4.78, 5) is 12.5. The average Bonchev–Trinajstić information content (AvgIpc) is 3.01. The Morgan fingerprint density at radius 1 is 1.33 bits per heavy atom. The van der Waals surface area contributed by atoms with Gasteiger partial charge in [0.05, 0.1) is 17.6 Å². The minimum absolute atomic E-state index is 0.162. The molecule has 3 nitrogen and oxygen atoms in total. The zero-order valence-corrected chi connectivity index (χ0v) is 10.4. The van der Waals surface area contributed by atoms with Crippen LogP contribution in [0.3, 0.4) is 0 Å². The van der Waals surface area contributed by atoms with Gasteiger partial charge in [0.1, 0.15) is 0 Å². The van der Waals surface area contributed by atoms with Crippen LogP contribution in [0.1, 0.15) is 19.8 Å². The monoisotopic (exact) mass is 243 g/mol. The highest BCUT2D eigenvalue weighted by atomic mass is 16.6. The number of ether oxygens (including phenoxy) is 1. The smallest absolute Gasteiger partial charge is 0.230 e. The van der Waals surface area contributed by atoms with Crippen LogP contribution in [0, 0.1) is 17.3 Å². The van der Waals surface area contributed by atoms with Crippen molar-refractivity contribution in [2.45, 2.75) is 32.0 Å². The normalized spacial score (nSPS) is 43.6. The number of amides is 1. The van der Waals surface area contributed by atoms with Crippen LogP contribution in [-0.2, 0) is 9.53 Å². The third kappa shape index (κ3) is 1.31. The second-order valence-corrected chi connectivity index (χ2v) is 6.11. The number of hydrogen-bond acceptors (Lipinski definition) is 2. The van der Waals surface area contributed by atoms with Gasteiger partial charge in [0.15, 0.2) is 0 Å². The molecule has 94 valence electrons. The SMILES string of the molecule is C[C@]1(C(=O)Nc2ccccc2)C[C@H]2C[C@H]1[C@H]1O[C@H]21. The number of fused-ring (bicyclic) bond motifs is 5. The van der Waals surface area contributed by atoms with Gasteiger partial charge in [-0.05, 0) is 30.9 Å². The Bertz CT molecular complexity index is 500. The summed E-state index contributed by atoms with van der Waals surface area (Å²) in [6, 6.07) is 9.71. The molecule has 3 heteroatoms. The van der Waals surface area contributed by atoms with Gasteiger partial charge in [0.25, 0.3) is 0 Å². The van der Waals surface area contributed by atoms with Crippen molar-refractivity contribution in [1.82, 2.24) is 0 Å². The number of epoxide rings is 1. The first-order valence-corrected chi connectivity index (χ1v) is 6.70. The van der Waals surface area contributed by atoms with E-state index in [4.69, 9.17) is 4.74 Å². The number of para-hydroxylation sites is 1. The number of benzene rings is 1. The summed E-state index contributed by atoms with van der Waals surface area (Å²) in [5.74, 6) is 1.21. The van der Waals surface area contributed by atoms with Gasteiger partial charge in [0, 0.05) is 11.6 Å². The van der Waals surface area contributed by atoms with Crippen molar-refractivity contribution < 1.29 is 9.53 Å². The first kappa shape index (κ1) is 10.6. The molecule has 0 radical (unpaired) electrons. The van der Waals surface area contributed by atoms with E-state index in [1.165, 1.54) is 6.42 Å². The molecule has 3 aliphatic rings.